The van der Waals surface area contributed by atoms with Gasteiger partial charge in [0.15, 0.2) is 6.10 Å². The molecule has 0 heterocycles. The number of benzene rings is 1. The third-order valence-corrected chi connectivity index (χ3v) is 4.60. The number of carboxylic acids is 1. The third kappa shape index (κ3) is 5.15. The molecule has 1 atom stereocenters. The van der Waals surface area contributed by atoms with Crippen LogP contribution < -0.4 is 5.32 Å². The lowest BCUT2D eigenvalue weighted by atomic mass is 10.2. The van der Waals surface area contributed by atoms with Crippen molar-refractivity contribution in [3.8, 4) is 0 Å². The summed E-state index contributed by atoms with van der Waals surface area (Å²) in [6.07, 6.45) is -1.57. The minimum absolute atomic E-state index is 0.175. The molecule has 0 aliphatic heterocycles. The molecule has 1 rings (SSSR count). The number of aliphatic carboxylic acids is 1. The molecule has 20 heavy (non-hydrogen) atoms. The van der Waals surface area contributed by atoms with Gasteiger partial charge in [0.2, 0.25) is 5.91 Å². The Morgan fingerprint density at radius 3 is 2.60 bits per heavy atom. The summed E-state index contributed by atoms with van der Waals surface area (Å²) in [5.41, 5.74) is 2.14. The van der Waals surface area contributed by atoms with Crippen molar-refractivity contribution in [1.82, 2.24) is 5.32 Å². The predicted molar refractivity (Wildman–Crippen MR) is 81.0 cm³/mol. The van der Waals surface area contributed by atoms with Crippen LogP contribution >= 0.6 is 27.7 Å². The Morgan fingerprint density at radius 2 is 2.00 bits per heavy atom. The van der Waals surface area contributed by atoms with Gasteiger partial charge in [-0.1, -0.05) is 15.9 Å². The number of aliphatic hydroxyl groups excluding tert-OH is 1. The van der Waals surface area contributed by atoms with E-state index in [4.69, 9.17) is 10.2 Å². The monoisotopic (exact) mass is 361 g/mol. The number of nitrogens with one attached hydrogen (secondary N) is 1. The second kappa shape index (κ2) is 7.66. The summed E-state index contributed by atoms with van der Waals surface area (Å²) < 4.78 is 1.02. The largest absolute Gasteiger partial charge is 0.479 e. The number of carbonyl (C=O) groups excluding carboxylic acids is 1. The molecule has 0 saturated heterocycles. The fourth-order valence-corrected chi connectivity index (χ4v) is 2.80. The van der Waals surface area contributed by atoms with Gasteiger partial charge in [-0.2, -0.15) is 0 Å². The van der Waals surface area contributed by atoms with Crippen molar-refractivity contribution in [3.05, 3.63) is 27.7 Å². The molecule has 1 aromatic rings. The summed E-state index contributed by atoms with van der Waals surface area (Å²) >= 11 is 4.82. The summed E-state index contributed by atoms with van der Waals surface area (Å²) in [4.78, 5) is 23.0. The third-order valence-electron chi connectivity index (χ3n) is 2.59. The number of amides is 1. The smallest absolute Gasteiger partial charge is 0.334 e. The number of carboxylic acid groups (broad SMARTS) is 1. The van der Waals surface area contributed by atoms with E-state index in [2.05, 4.69) is 21.2 Å². The molecule has 3 N–H and O–H groups in total. The van der Waals surface area contributed by atoms with Crippen LogP contribution in [0, 0.1) is 13.8 Å². The van der Waals surface area contributed by atoms with E-state index < -0.39 is 12.1 Å². The zero-order valence-corrected chi connectivity index (χ0v) is 13.5. The van der Waals surface area contributed by atoms with Gasteiger partial charge in [0, 0.05) is 9.37 Å². The molecule has 0 radical (unpaired) electrons. The van der Waals surface area contributed by atoms with Crippen LogP contribution in [0.1, 0.15) is 11.1 Å². The lowest BCUT2D eigenvalue weighted by Gasteiger charge is -2.10. The standard InChI is InChI=1S/C13H16BrNO4S/c1-7-4-11(8(2)3-9(7)14)20-6-12(17)15-5-10(16)13(18)19/h3-4,10,16H,5-6H2,1-2H3,(H,15,17)(H,18,19). The highest BCUT2D eigenvalue weighted by molar-refractivity contribution is 9.10. The van der Waals surface area contributed by atoms with Gasteiger partial charge < -0.3 is 15.5 Å². The van der Waals surface area contributed by atoms with Crippen LogP contribution in [0.4, 0.5) is 0 Å². The van der Waals surface area contributed by atoms with Crippen molar-refractivity contribution in [2.75, 3.05) is 12.3 Å². The van der Waals surface area contributed by atoms with E-state index >= 15 is 0 Å². The lowest BCUT2D eigenvalue weighted by Crippen LogP contribution is -2.37. The molecular weight excluding hydrogens is 346 g/mol. The van der Waals surface area contributed by atoms with E-state index in [1.165, 1.54) is 11.8 Å². The van der Waals surface area contributed by atoms with Gasteiger partial charge in [-0.3, -0.25) is 4.79 Å². The van der Waals surface area contributed by atoms with Crippen molar-refractivity contribution in [1.29, 1.82) is 0 Å². The second-order valence-electron chi connectivity index (χ2n) is 4.31. The molecule has 110 valence electrons. The molecule has 7 heteroatoms. The quantitative estimate of drug-likeness (QED) is 0.671. The van der Waals surface area contributed by atoms with E-state index in [0.717, 1.165) is 20.5 Å². The molecule has 0 saturated carbocycles. The van der Waals surface area contributed by atoms with Crippen molar-refractivity contribution >= 4 is 39.6 Å². The average Bonchev–Trinajstić information content (AvgIpc) is 2.38. The normalized spacial score (nSPS) is 12.0. The molecular formula is C13H16BrNO4S. The maximum absolute atomic E-state index is 11.6. The minimum atomic E-state index is -1.57. The zero-order chi connectivity index (χ0) is 15.3. The minimum Gasteiger partial charge on any atom is -0.479 e. The Morgan fingerprint density at radius 1 is 1.35 bits per heavy atom. The zero-order valence-electron chi connectivity index (χ0n) is 11.1. The Kier molecular flexibility index (Phi) is 6.51. The fourth-order valence-electron chi connectivity index (χ4n) is 1.40. The summed E-state index contributed by atoms with van der Waals surface area (Å²) in [6.45, 7) is 3.64. The number of hydrogen-bond acceptors (Lipinski definition) is 4. The predicted octanol–water partition coefficient (Wildman–Crippen LogP) is 1.72. The Hall–Kier alpha value is -1.05. The van der Waals surface area contributed by atoms with Crippen molar-refractivity contribution in [3.63, 3.8) is 0 Å². The van der Waals surface area contributed by atoms with Gasteiger partial charge in [-0.15, -0.1) is 11.8 Å². The van der Waals surface area contributed by atoms with Gasteiger partial charge >= 0.3 is 5.97 Å². The molecule has 1 amide bonds. The van der Waals surface area contributed by atoms with Crippen LogP contribution in [0.25, 0.3) is 0 Å². The van der Waals surface area contributed by atoms with Crippen molar-refractivity contribution in [2.24, 2.45) is 0 Å². The van der Waals surface area contributed by atoms with Gasteiger partial charge in [0.1, 0.15) is 0 Å². The van der Waals surface area contributed by atoms with E-state index in [0.29, 0.717) is 0 Å². The highest BCUT2D eigenvalue weighted by Crippen LogP contribution is 2.28. The SMILES string of the molecule is Cc1cc(SCC(=O)NCC(O)C(=O)O)c(C)cc1Br. The van der Waals surface area contributed by atoms with Crippen LogP contribution in [0.15, 0.2) is 21.5 Å². The highest BCUT2D eigenvalue weighted by Gasteiger charge is 2.14. The van der Waals surface area contributed by atoms with E-state index in [1.807, 2.05) is 26.0 Å². The number of carbonyl (C=O) groups is 2. The number of rotatable bonds is 6. The summed E-state index contributed by atoms with van der Waals surface area (Å²) in [6, 6.07) is 3.98. The maximum atomic E-state index is 11.6. The van der Waals surface area contributed by atoms with E-state index in [9.17, 15) is 9.59 Å². The second-order valence-corrected chi connectivity index (χ2v) is 6.19. The highest BCUT2D eigenvalue weighted by atomic mass is 79.9. The van der Waals surface area contributed by atoms with E-state index in [1.54, 1.807) is 0 Å². The van der Waals surface area contributed by atoms with Gasteiger partial charge in [0.25, 0.3) is 0 Å². The number of halogens is 1. The van der Waals surface area contributed by atoms with E-state index in [-0.39, 0.29) is 18.2 Å². The van der Waals surface area contributed by atoms with Crippen molar-refractivity contribution < 1.29 is 19.8 Å². The van der Waals surface area contributed by atoms with Crippen LogP contribution in [0.2, 0.25) is 0 Å². The molecule has 1 aromatic carbocycles. The number of hydrogen-bond donors (Lipinski definition) is 3. The molecule has 1 unspecified atom stereocenters. The van der Waals surface area contributed by atoms with Crippen LogP contribution in [0.5, 0.6) is 0 Å². The molecule has 0 aliphatic rings. The fraction of sp³-hybridized carbons (Fsp3) is 0.385. The first-order valence-corrected chi connectivity index (χ1v) is 7.66. The Balaban J connectivity index is 2.49. The van der Waals surface area contributed by atoms with Crippen LogP contribution in [-0.2, 0) is 9.59 Å². The molecule has 0 aromatic heterocycles. The first-order chi connectivity index (χ1) is 9.31. The summed E-state index contributed by atoms with van der Waals surface area (Å²) in [5.74, 6) is -1.48. The van der Waals surface area contributed by atoms with Crippen molar-refractivity contribution in [2.45, 2.75) is 24.8 Å². The first-order valence-electron chi connectivity index (χ1n) is 5.88. The molecule has 0 spiro atoms. The molecule has 0 fully saturated rings. The number of aliphatic hydroxyl groups is 1. The first kappa shape index (κ1) is 17.0. The van der Waals surface area contributed by atoms with Gasteiger partial charge in [0.05, 0.1) is 12.3 Å². The lowest BCUT2D eigenvalue weighted by molar-refractivity contribution is -0.146. The number of aryl methyl sites for hydroxylation is 2. The molecule has 5 nitrogen and oxygen atoms in total. The van der Waals surface area contributed by atoms with Crippen LogP contribution in [0.3, 0.4) is 0 Å². The molecule has 0 bridgehead atoms. The topological polar surface area (TPSA) is 86.6 Å². The number of thioether (sulfide) groups is 1. The maximum Gasteiger partial charge on any atom is 0.334 e. The van der Waals surface area contributed by atoms with Gasteiger partial charge in [-0.05, 0) is 37.1 Å². The Labute approximate surface area is 129 Å². The van der Waals surface area contributed by atoms with Gasteiger partial charge in [-0.25, -0.2) is 4.79 Å². The van der Waals surface area contributed by atoms with Crippen LogP contribution in [-0.4, -0.2) is 40.5 Å². The average molecular weight is 362 g/mol. The Bertz CT molecular complexity index is 521. The molecule has 0 aliphatic carbocycles. The summed E-state index contributed by atoms with van der Waals surface area (Å²) in [5, 5.41) is 19.9. The summed E-state index contributed by atoms with van der Waals surface area (Å²) in [7, 11) is 0.